The highest BCUT2D eigenvalue weighted by atomic mass is 16.5. The Bertz CT molecular complexity index is 1010. The molecular weight excluding hydrogens is 344 g/mol. The highest BCUT2D eigenvalue weighted by Gasteiger charge is 2.10. The molecule has 0 bridgehead atoms. The maximum Gasteiger partial charge on any atom is 0.271 e. The van der Waals surface area contributed by atoms with Crippen LogP contribution >= 0.6 is 0 Å². The Kier molecular flexibility index (Phi) is 5.40. The van der Waals surface area contributed by atoms with E-state index in [1.807, 2.05) is 13.0 Å². The molecule has 2 aromatic carbocycles. The molecule has 1 aromatic heterocycles. The van der Waals surface area contributed by atoms with E-state index in [0.29, 0.717) is 17.1 Å². The van der Waals surface area contributed by atoms with E-state index in [4.69, 9.17) is 9.47 Å². The molecule has 27 heavy (non-hydrogen) atoms. The van der Waals surface area contributed by atoms with Gasteiger partial charge in [0.2, 0.25) is 0 Å². The fraction of sp³-hybridized carbons (Fsp3) is 0.250. The molecule has 0 unspecified atom stereocenters. The van der Waals surface area contributed by atoms with Crippen LogP contribution in [-0.2, 0) is 6.54 Å². The van der Waals surface area contributed by atoms with Crippen molar-refractivity contribution in [2.45, 2.75) is 20.4 Å². The molecule has 0 radical (unpaired) electrons. The van der Waals surface area contributed by atoms with Gasteiger partial charge in [-0.2, -0.15) is 5.10 Å². The van der Waals surface area contributed by atoms with Crippen molar-refractivity contribution in [3.05, 3.63) is 53.3 Å². The number of imidazole rings is 1. The van der Waals surface area contributed by atoms with Crippen LogP contribution in [0.2, 0.25) is 0 Å². The Morgan fingerprint density at radius 2 is 2.04 bits per heavy atom. The molecule has 0 aliphatic carbocycles. The zero-order chi connectivity index (χ0) is 19.4. The highest BCUT2D eigenvalue weighted by Crippen LogP contribution is 2.23. The number of hydrazone groups is 1. The van der Waals surface area contributed by atoms with Gasteiger partial charge in [0.15, 0.2) is 0 Å². The first-order valence-electron chi connectivity index (χ1n) is 8.59. The van der Waals surface area contributed by atoms with Gasteiger partial charge < -0.3 is 14.0 Å². The summed E-state index contributed by atoms with van der Waals surface area (Å²) in [7, 11) is 3.15. The second-order valence-corrected chi connectivity index (χ2v) is 5.91. The molecule has 0 saturated carbocycles. The first-order chi connectivity index (χ1) is 13.1. The van der Waals surface area contributed by atoms with Crippen molar-refractivity contribution in [1.29, 1.82) is 0 Å². The number of ether oxygens (including phenoxy) is 2. The molecule has 0 aliphatic rings. The normalized spacial score (nSPS) is 11.1. The number of amides is 1. The number of carbonyl (C=O) groups excluding carboxylic acids is 1. The van der Waals surface area contributed by atoms with Crippen molar-refractivity contribution in [3.63, 3.8) is 0 Å². The van der Waals surface area contributed by atoms with Gasteiger partial charge >= 0.3 is 0 Å². The Balaban J connectivity index is 1.76. The maximum atomic E-state index is 12.4. The number of nitrogens with one attached hydrogen (secondary N) is 1. The molecule has 7 heteroatoms. The smallest absolute Gasteiger partial charge is 0.271 e. The molecule has 140 valence electrons. The minimum atomic E-state index is -0.302. The molecule has 1 amide bonds. The van der Waals surface area contributed by atoms with E-state index in [9.17, 15) is 4.79 Å². The average molecular weight is 366 g/mol. The van der Waals surface area contributed by atoms with E-state index >= 15 is 0 Å². The predicted octanol–water partition coefficient (Wildman–Crippen LogP) is 3.15. The molecule has 3 rings (SSSR count). The van der Waals surface area contributed by atoms with Gasteiger partial charge in [-0.25, -0.2) is 10.4 Å². The van der Waals surface area contributed by atoms with E-state index in [2.05, 4.69) is 27.0 Å². The summed E-state index contributed by atoms with van der Waals surface area (Å²) in [5.41, 5.74) is 5.57. The average Bonchev–Trinajstić information content (AvgIpc) is 3.01. The summed E-state index contributed by atoms with van der Waals surface area (Å²) in [6, 6.07) is 10.8. The Morgan fingerprint density at radius 3 is 2.74 bits per heavy atom. The van der Waals surface area contributed by atoms with Gasteiger partial charge in [0.25, 0.3) is 5.91 Å². The topological polar surface area (TPSA) is 77.7 Å². The lowest BCUT2D eigenvalue weighted by atomic mass is 10.2. The van der Waals surface area contributed by atoms with E-state index < -0.39 is 0 Å². The molecule has 0 aliphatic heterocycles. The van der Waals surface area contributed by atoms with Crippen LogP contribution in [0.25, 0.3) is 11.0 Å². The van der Waals surface area contributed by atoms with Crippen molar-refractivity contribution < 1.29 is 14.3 Å². The molecule has 0 spiro atoms. The molecule has 1 N–H and O–H groups in total. The van der Waals surface area contributed by atoms with Gasteiger partial charge in [-0.15, -0.1) is 0 Å². The highest BCUT2D eigenvalue weighted by molar-refractivity contribution is 5.98. The number of hydrogen-bond donors (Lipinski definition) is 1. The lowest BCUT2D eigenvalue weighted by Crippen LogP contribution is -2.17. The van der Waals surface area contributed by atoms with Crippen LogP contribution in [0.5, 0.6) is 11.5 Å². The number of aryl methyl sites for hydroxylation is 2. The van der Waals surface area contributed by atoms with Crippen molar-refractivity contribution >= 4 is 23.2 Å². The fourth-order valence-corrected chi connectivity index (χ4v) is 2.94. The Labute approximate surface area is 157 Å². The number of hydrogen-bond acceptors (Lipinski definition) is 5. The zero-order valence-corrected chi connectivity index (χ0v) is 15.8. The van der Waals surface area contributed by atoms with Crippen LogP contribution in [0, 0.1) is 6.92 Å². The van der Waals surface area contributed by atoms with E-state index in [1.54, 1.807) is 44.6 Å². The molecular formula is C20H22N4O3. The summed E-state index contributed by atoms with van der Waals surface area (Å²) in [4.78, 5) is 16.9. The fourth-order valence-electron chi connectivity index (χ4n) is 2.94. The molecule has 0 saturated heterocycles. The standard InChI is InChI=1S/C20H22N4O3/c1-5-24-13(2)22-17-10-14(7-9-18(17)24)20(25)23-21-12-15-6-8-16(26-3)11-19(15)27-4/h6-12H,5H2,1-4H3,(H,23,25). The monoisotopic (exact) mass is 366 g/mol. The number of carbonyl (C=O) groups is 1. The predicted molar refractivity (Wildman–Crippen MR) is 105 cm³/mol. The summed E-state index contributed by atoms with van der Waals surface area (Å²) in [6.45, 7) is 4.86. The number of fused-ring (bicyclic) bond motifs is 1. The summed E-state index contributed by atoms with van der Waals surface area (Å²) in [5, 5.41) is 4.03. The largest absolute Gasteiger partial charge is 0.497 e. The third-order valence-corrected chi connectivity index (χ3v) is 4.33. The van der Waals surface area contributed by atoms with Crippen LogP contribution in [0.1, 0.15) is 28.7 Å². The van der Waals surface area contributed by atoms with E-state index in [-0.39, 0.29) is 5.91 Å². The first-order valence-corrected chi connectivity index (χ1v) is 8.59. The zero-order valence-electron chi connectivity index (χ0n) is 15.8. The molecule has 7 nitrogen and oxygen atoms in total. The molecule has 0 fully saturated rings. The Hall–Kier alpha value is -3.35. The second-order valence-electron chi connectivity index (χ2n) is 5.91. The van der Waals surface area contributed by atoms with Crippen LogP contribution in [0.15, 0.2) is 41.5 Å². The summed E-state index contributed by atoms with van der Waals surface area (Å²) >= 11 is 0. The maximum absolute atomic E-state index is 12.4. The molecule has 1 heterocycles. The van der Waals surface area contributed by atoms with Crippen LogP contribution in [0.3, 0.4) is 0 Å². The number of benzene rings is 2. The van der Waals surface area contributed by atoms with Gasteiger partial charge in [0.05, 0.1) is 31.5 Å². The lowest BCUT2D eigenvalue weighted by Gasteiger charge is -2.07. The van der Waals surface area contributed by atoms with Crippen LogP contribution < -0.4 is 14.9 Å². The summed E-state index contributed by atoms with van der Waals surface area (Å²) in [5.74, 6) is 1.91. The number of nitrogens with zero attached hydrogens (tertiary/aromatic N) is 3. The lowest BCUT2D eigenvalue weighted by molar-refractivity contribution is 0.0955. The molecule has 3 aromatic rings. The van der Waals surface area contributed by atoms with Gasteiger partial charge in [0, 0.05) is 23.7 Å². The Morgan fingerprint density at radius 1 is 1.22 bits per heavy atom. The molecule has 0 atom stereocenters. The van der Waals surface area contributed by atoms with Gasteiger partial charge in [-0.05, 0) is 44.2 Å². The minimum Gasteiger partial charge on any atom is -0.497 e. The third kappa shape index (κ3) is 3.76. The first kappa shape index (κ1) is 18.4. The van der Waals surface area contributed by atoms with Crippen molar-refractivity contribution in [2.24, 2.45) is 5.10 Å². The van der Waals surface area contributed by atoms with Crippen molar-refractivity contribution in [2.75, 3.05) is 14.2 Å². The van der Waals surface area contributed by atoms with Gasteiger partial charge in [-0.3, -0.25) is 4.79 Å². The van der Waals surface area contributed by atoms with Crippen molar-refractivity contribution in [3.8, 4) is 11.5 Å². The van der Waals surface area contributed by atoms with E-state index in [0.717, 1.165) is 29.0 Å². The van der Waals surface area contributed by atoms with Gasteiger partial charge in [-0.1, -0.05) is 0 Å². The second kappa shape index (κ2) is 7.90. The quantitative estimate of drug-likeness (QED) is 0.537. The van der Waals surface area contributed by atoms with Crippen LogP contribution in [0.4, 0.5) is 0 Å². The minimum absolute atomic E-state index is 0.302. The number of methoxy groups -OCH3 is 2. The number of aromatic nitrogens is 2. The SMILES string of the molecule is CCn1c(C)nc2cc(C(=O)NN=Cc3ccc(OC)cc3OC)ccc21. The summed E-state index contributed by atoms with van der Waals surface area (Å²) in [6.07, 6.45) is 1.53. The van der Waals surface area contributed by atoms with E-state index in [1.165, 1.54) is 6.21 Å². The third-order valence-electron chi connectivity index (χ3n) is 4.33. The summed E-state index contributed by atoms with van der Waals surface area (Å²) < 4.78 is 12.6. The van der Waals surface area contributed by atoms with Crippen LogP contribution in [-0.4, -0.2) is 35.9 Å². The van der Waals surface area contributed by atoms with Crippen molar-refractivity contribution in [1.82, 2.24) is 15.0 Å². The number of rotatable bonds is 6. The van der Waals surface area contributed by atoms with Gasteiger partial charge in [0.1, 0.15) is 17.3 Å².